The van der Waals surface area contributed by atoms with Gasteiger partial charge < -0.3 is 10.1 Å². The molecule has 70 valence electrons. The lowest BCUT2D eigenvalue weighted by atomic mass is 10.2. The van der Waals surface area contributed by atoms with Crippen LogP contribution in [0.25, 0.3) is 10.9 Å². The average Bonchev–Trinajstić information content (AvgIpc) is 2.16. The Morgan fingerprint density at radius 2 is 2.14 bits per heavy atom. The third kappa shape index (κ3) is 1.38. The molecule has 2 N–H and O–H groups in total. The highest BCUT2D eigenvalue weighted by molar-refractivity contribution is 7.71. The van der Waals surface area contributed by atoms with E-state index in [-0.39, 0.29) is 10.5 Å². The summed E-state index contributed by atoms with van der Waals surface area (Å²) in [6.45, 7) is 0. The molecule has 0 aliphatic heterocycles. The number of nitrogens with one attached hydrogen (secondary N) is 1. The maximum absolute atomic E-state index is 10.8. The van der Waals surface area contributed by atoms with Crippen LogP contribution in [0.3, 0.4) is 0 Å². The minimum Gasteiger partial charge on any atom is -0.476 e. The van der Waals surface area contributed by atoms with Gasteiger partial charge in [-0.2, -0.15) is 0 Å². The molecule has 0 bridgehead atoms. The average molecular weight is 206 g/mol. The maximum atomic E-state index is 10.8. The first-order valence-corrected chi connectivity index (χ1v) is 4.31. The number of H-pyrrole nitrogens is 1. The second-order valence-electron chi connectivity index (χ2n) is 2.74. The fourth-order valence-electron chi connectivity index (χ4n) is 1.27. The first kappa shape index (κ1) is 8.83. The van der Waals surface area contributed by atoms with Crippen LogP contribution in [0.1, 0.15) is 10.5 Å². The Hall–Kier alpha value is -1.75. The van der Waals surface area contributed by atoms with Crippen molar-refractivity contribution in [3.63, 3.8) is 0 Å². The molecule has 0 aliphatic carbocycles. The van der Waals surface area contributed by atoms with Crippen LogP contribution < -0.4 is 0 Å². The van der Waals surface area contributed by atoms with Gasteiger partial charge in [0.05, 0.1) is 5.52 Å². The van der Waals surface area contributed by atoms with Crippen LogP contribution in [0, 0.1) is 4.77 Å². The van der Waals surface area contributed by atoms with Gasteiger partial charge in [-0.1, -0.05) is 18.2 Å². The van der Waals surface area contributed by atoms with Gasteiger partial charge >= 0.3 is 5.97 Å². The lowest BCUT2D eigenvalue weighted by Gasteiger charge is -2.00. The van der Waals surface area contributed by atoms with Crippen LogP contribution in [0.5, 0.6) is 0 Å². The molecule has 1 aromatic heterocycles. The van der Waals surface area contributed by atoms with Crippen LogP contribution in [0.4, 0.5) is 0 Å². The lowest BCUT2D eigenvalue weighted by molar-refractivity contribution is 0.0692. The summed E-state index contributed by atoms with van der Waals surface area (Å²) in [4.78, 5) is 17.4. The van der Waals surface area contributed by atoms with Gasteiger partial charge in [0.25, 0.3) is 0 Å². The zero-order valence-electron chi connectivity index (χ0n) is 7.02. The number of aromatic nitrogens is 2. The Morgan fingerprint density at radius 1 is 1.43 bits per heavy atom. The van der Waals surface area contributed by atoms with Crippen LogP contribution in [0.15, 0.2) is 24.3 Å². The molecule has 1 aromatic carbocycles. The first-order valence-electron chi connectivity index (χ1n) is 3.91. The monoisotopic (exact) mass is 206 g/mol. The maximum Gasteiger partial charge on any atom is 0.355 e. The number of hydrogen-bond donors (Lipinski definition) is 2. The molecule has 0 unspecified atom stereocenters. The van der Waals surface area contributed by atoms with Gasteiger partial charge in [-0.15, -0.1) is 0 Å². The smallest absolute Gasteiger partial charge is 0.355 e. The van der Waals surface area contributed by atoms with Crippen molar-refractivity contribution in [2.24, 2.45) is 0 Å². The zero-order chi connectivity index (χ0) is 10.1. The van der Waals surface area contributed by atoms with Gasteiger partial charge in [0.15, 0.2) is 10.5 Å². The SMILES string of the molecule is O=C(O)c1nc(=S)[nH]c2ccccc12. The molecule has 0 amide bonds. The van der Waals surface area contributed by atoms with Crippen molar-refractivity contribution in [3.05, 3.63) is 34.7 Å². The van der Waals surface area contributed by atoms with E-state index in [1.54, 1.807) is 24.3 Å². The molecule has 0 saturated heterocycles. The van der Waals surface area contributed by atoms with Gasteiger partial charge in [0.2, 0.25) is 0 Å². The fraction of sp³-hybridized carbons (Fsp3) is 0. The van der Waals surface area contributed by atoms with E-state index in [2.05, 4.69) is 9.97 Å². The Bertz CT molecular complexity index is 562. The third-order valence-electron chi connectivity index (χ3n) is 1.84. The Labute approximate surface area is 84.2 Å². The predicted molar refractivity (Wildman–Crippen MR) is 53.9 cm³/mol. The molecule has 0 saturated carbocycles. The Kier molecular flexibility index (Phi) is 2.01. The number of hydrogen-bond acceptors (Lipinski definition) is 3. The number of carbonyl (C=O) groups is 1. The molecular weight excluding hydrogens is 200 g/mol. The lowest BCUT2D eigenvalue weighted by Crippen LogP contribution is -2.02. The minimum absolute atomic E-state index is 0.00986. The molecule has 14 heavy (non-hydrogen) atoms. The van der Waals surface area contributed by atoms with Crippen molar-refractivity contribution in [1.82, 2.24) is 9.97 Å². The van der Waals surface area contributed by atoms with Crippen LogP contribution in [-0.2, 0) is 0 Å². The van der Waals surface area contributed by atoms with E-state index in [0.717, 1.165) is 0 Å². The normalized spacial score (nSPS) is 10.3. The van der Waals surface area contributed by atoms with Gasteiger partial charge in [-0.3, -0.25) is 0 Å². The zero-order valence-corrected chi connectivity index (χ0v) is 7.84. The molecule has 0 spiro atoms. The molecule has 0 radical (unpaired) electrons. The van der Waals surface area contributed by atoms with Gasteiger partial charge in [0, 0.05) is 5.39 Å². The molecule has 5 heteroatoms. The van der Waals surface area contributed by atoms with Crippen molar-refractivity contribution >= 4 is 29.1 Å². The number of benzene rings is 1. The summed E-state index contributed by atoms with van der Waals surface area (Å²) < 4.78 is 0.182. The van der Waals surface area contributed by atoms with E-state index in [9.17, 15) is 4.79 Å². The summed E-state index contributed by atoms with van der Waals surface area (Å²) in [5, 5.41) is 9.45. The molecule has 0 aliphatic rings. The topological polar surface area (TPSA) is 66.0 Å². The number of fused-ring (bicyclic) bond motifs is 1. The van der Waals surface area contributed by atoms with E-state index in [1.807, 2.05) is 0 Å². The number of carboxylic acids is 1. The number of rotatable bonds is 1. The van der Waals surface area contributed by atoms with Crippen molar-refractivity contribution < 1.29 is 9.90 Å². The largest absolute Gasteiger partial charge is 0.476 e. The van der Waals surface area contributed by atoms with E-state index in [1.165, 1.54) is 0 Å². The molecule has 0 atom stereocenters. The summed E-state index contributed by atoms with van der Waals surface area (Å²) >= 11 is 4.82. The number of nitrogens with zero attached hydrogens (tertiary/aromatic N) is 1. The summed E-state index contributed by atoms with van der Waals surface area (Å²) in [6.07, 6.45) is 0. The van der Waals surface area contributed by atoms with Crippen molar-refractivity contribution in [2.45, 2.75) is 0 Å². The number of aromatic carboxylic acids is 1. The van der Waals surface area contributed by atoms with Crippen LogP contribution >= 0.6 is 12.2 Å². The highest BCUT2D eigenvalue weighted by atomic mass is 32.1. The van der Waals surface area contributed by atoms with Gasteiger partial charge in [-0.25, -0.2) is 9.78 Å². The summed E-state index contributed by atoms with van der Waals surface area (Å²) in [7, 11) is 0. The fourth-order valence-corrected chi connectivity index (χ4v) is 1.47. The minimum atomic E-state index is -1.07. The predicted octanol–water partition coefficient (Wildman–Crippen LogP) is 1.99. The first-order chi connectivity index (χ1) is 6.68. The van der Waals surface area contributed by atoms with Crippen molar-refractivity contribution in [2.75, 3.05) is 0 Å². The second kappa shape index (κ2) is 3.19. The Balaban J connectivity index is 2.94. The van der Waals surface area contributed by atoms with E-state index in [4.69, 9.17) is 17.3 Å². The summed E-state index contributed by atoms with van der Waals surface area (Å²) in [5.41, 5.74) is 0.675. The third-order valence-corrected chi connectivity index (χ3v) is 2.03. The molecule has 0 fully saturated rings. The van der Waals surface area contributed by atoms with E-state index < -0.39 is 5.97 Å². The number of carboxylic acid groups (broad SMARTS) is 1. The summed E-state index contributed by atoms with van der Waals surface area (Å²) in [6, 6.07) is 7.02. The van der Waals surface area contributed by atoms with E-state index >= 15 is 0 Å². The van der Waals surface area contributed by atoms with Crippen molar-refractivity contribution in [3.8, 4) is 0 Å². The van der Waals surface area contributed by atoms with Crippen LogP contribution in [-0.4, -0.2) is 21.0 Å². The van der Waals surface area contributed by atoms with Gasteiger partial charge in [-0.05, 0) is 18.3 Å². The van der Waals surface area contributed by atoms with Crippen molar-refractivity contribution in [1.29, 1.82) is 0 Å². The molecule has 4 nitrogen and oxygen atoms in total. The van der Waals surface area contributed by atoms with E-state index in [0.29, 0.717) is 10.9 Å². The molecule has 2 rings (SSSR count). The van der Waals surface area contributed by atoms with Crippen LogP contribution in [0.2, 0.25) is 0 Å². The Morgan fingerprint density at radius 3 is 2.86 bits per heavy atom. The summed E-state index contributed by atoms with van der Waals surface area (Å²) in [5.74, 6) is -1.07. The quantitative estimate of drug-likeness (QED) is 0.700. The highest BCUT2D eigenvalue weighted by Gasteiger charge is 2.09. The molecule has 1 heterocycles. The second-order valence-corrected chi connectivity index (χ2v) is 3.13. The highest BCUT2D eigenvalue weighted by Crippen LogP contribution is 2.14. The van der Waals surface area contributed by atoms with Gasteiger partial charge in [0.1, 0.15) is 0 Å². The number of aromatic amines is 1. The molecular formula is C9H6N2O2S. The standard InChI is InChI=1S/C9H6N2O2S/c12-8(13)7-5-3-1-2-4-6(5)10-9(14)11-7/h1-4H,(H,12,13)(H,10,11,14). The number of para-hydroxylation sites is 1. The molecule has 2 aromatic rings.